The second kappa shape index (κ2) is 4.90. The van der Waals surface area contributed by atoms with Crippen LogP contribution in [0.4, 0.5) is 0 Å². The molecule has 1 aromatic rings. The van der Waals surface area contributed by atoms with E-state index in [1.807, 2.05) is 11.6 Å². The molecule has 0 radical (unpaired) electrons. The van der Waals surface area contributed by atoms with Gasteiger partial charge in [-0.25, -0.2) is 4.98 Å². The highest BCUT2D eigenvalue weighted by Crippen LogP contribution is 2.08. The molecule has 13 heavy (non-hydrogen) atoms. The Balaban J connectivity index is 2.38. The van der Waals surface area contributed by atoms with Gasteiger partial charge in [0.1, 0.15) is 11.0 Å². The van der Waals surface area contributed by atoms with Crippen LogP contribution in [0.5, 0.6) is 0 Å². The number of hydrogen-bond acceptors (Lipinski definition) is 2. The first-order valence-electron chi connectivity index (χ1n) is 4.06. The number of nitrogens with one attached hydrogen (secondary N) is 1. The van der Waals surface area contributed by atoms with Crippen molar-refractivity contribution in [2.45, 2.75) is 13.0 Å². The maximum atomic E-state index is 5.81. The van der Waals surface area contributed by atoms with E-state index in [-0.39, 0.29) is 0 Å². The maximum absolute atomic E-state index is 5.81. The molecule has 1 rings (SSSR count). The zero-order chi connectivity index (χ0) is 9.68. The van der Waals surface area contributed by atoms with Crippen LogP contribution in [-0.4, -0.2) is 16.1 Å². The van der Waals surface area contributed by atoms with Crippen LogP contribution >= 0.6 is 11.6 Å². The molecule has 0 aliphatic carbocycles. The molecule has 0 aliphatic heterocycles. The molecule has 4 heteroatoms. The third-order valence-corrected chi connectivity index (χ3v) is 2.11. The van der Waals surface area contributed by atoms with Gasteiger partial charge in [-0.15, -0.1) is 12.3 Å². The average molecular weight is 198 g/mol. The Morgan fingerprint density at radius 1 is 1.77 bits per heavy atom. The van der Waals surface area contributed by atoms with E-state index >= 15 is 0 Å². The minimum Gasteiger partial charge on any atom is -0.321 e. The molecule has 0 aliphatic rings. The highest BCUT2D eigenvalue weighted by atomic mass is 35.5. The topological polar surface area (TPSA) is 29.9 Å². The number of hydrogen-bond donors (Lipinski definition) is 1. The van der Waals surface area contributed by atoms with E-state index < -0.39 is 0 Å². The quantitative estimate of drug-likeness (QED) is 0.581. The van der Waals surface area contributed by atoms with Crippen molar-refractivity contribution in [3.63, 3.8) is 0 Å². The molecule has 1 heterocycles. The summed E-state index contributed by atoms with van der Waals surface area (Å²) in [6.07, 6.45) is 7.48. The Kier molecular flexibility index (Phi) is 3.81. The van der Waals surface area contributed by atoms with Gasteiger partial charge in [-0.1, -0.05) is 11.6 Å². The van der Waals surface area contributed by atoms with E-state index in [2.05, 4.69) is 16.2 Å². The minimum absolute atomic E-state index is 0.647. The average Bonchev–Trinajstić information content (AvgIpc) is 2.43. The summed E-state index contributed by atoms with van der Waals surface area (Å²) in [4.78, 5) is 4.13. The fraction of sp³-hybridized carbons (Fsp3) is 0.444. The van der Waals surface area contributed by atoms with Gasteiger partial charge in [-0.2, -0.15) is 0 Å². The van der Waals surface area contributed by atoms with Crippen LogP contribution in [0, 0.1) is 12.3 Å². The normalized spacial score (nSPS) is 9.92. The van der Waals surface area contributed by atoms with Crippen LogP contribution in [0.3, 0.4) is 0 Å². The molecule has 1 aromatic heterocycles. The summed E-state index contributed by atoms with van der Waals surface area (Å²) in [7, 11) is 1.88. The first-order valence-corrected chi connectivity index (χ1v) is 4.43. The van der Waals surface area contributed by atoms with E-state index in [0.29, 0.717) is 11.7 Å². The summed E-state index contributed by atoms with van der Waals surface area (Å²) < 4.78 is 1.84. The number of imidazole rings is 1. The van der Waals surface area contributed by atoms with Gasteiger partial charge in [0.2, 0.25) is 0 Å². The van der Waals surface area contributed by atoms with Crippen LogP contribution in [0.1, 0.15) is 12.2 Å². The summed E-state index contributed by atoms with van der Waals surface area (Å²) in [6.45, 7) is 1.51. The molecule has 0 amide bonds. The number of aromatic nitrogens is 2. The van der Waals surface area contributed by atoms with E-state index in [0.717, 1.165) is 18.8 Å². The standard InChI is InChI=1S/C9H12ClN3/c1-3-4-5-11-7-9-12-6-8(10)13(9)2/h1,6,11H,4-5,7H2,2H3. The third kappa shape index (κ3) is 2.76. The Bertz CT molecular complexity index is 311. The predicted molar refractivity (Wildman–Crippen MR) is 53.4 cm³/mol. The lowest BCUT2D eigenvalue weighted by Crippen LogP contribution is -2.17. The summed E-state index contributed by atoms with van der Waals surface area (Å²) in [6, 6.07) is 0. The van der Waals surface area contributed by atoms with Crippen molar-refractivity contribution in [2.24, 2.45) is 7.05 Å². The van der Waals surface area contributed by atoms with Crippen molar-refractivity contribution < 1.29 is 0 Å². The van der Waals surface area contributed by atoms with E-state index in [4.69, 9.17) is 18.0 Å². The van der Waals surface area contributed by atoms with Crippen LogP contribution in [0.25, 0.3) is 0 Å². The molecule has 1 N–H and O–H groups in total. The number of halogens is 1. The first-order chi connectivity index (χ1) is 6.25. The van der Waals surface area contributed by atoms with Gasteiger partial charge in [0.25, 0.3) is 0 Å². The van der Waals surface area contributed by atoms with Crippen LogP contribution in [-0.2, 0) is 13.6 Å². The fourth-order valence-corrected chi connectivity index (χ4v) is 1.10. The Morgan fingerprint density at radius 2 is 2.54 bits per heavy atom. The zero-order valence-electron chi connectivity index (χ0n) is 7.55. The lowest BCUT2D eigenvalue weighted by molar-refractivity contribution is 0.646. The van der Waals surface area contributed by atoms with E-state index in [1.165, 1.54) is 0 Å². The summed E-state index contributed by atoms with van der Waals surface area (Å²) >= 11 is 5.81. The highest BCUT2D eigenvalue weighted by Gasteiger charge is 2.02. The second-order valence-corrected chi connectivity index (χ2v) is 3.07. The van der Waals surface area contributed by atoms with Crippen LogP contribution in [0.2, 0.25) is 5.15 Å². The number of rotatable bonds is 4. The molecule has 0 fully saturated rings. The number of nitrogens with zero attached hydrogens (tertiary/aromatic N) is 2. The van der Waals surface area contributed by atoms with E-state index in [9.17, 15) is 0 Å². The Morgan fingerprint density at radius 3 is 3.08 bits per heavy atom. The van der Waals surface area contributed by atoms with Crippen molar-refractivity contribution in [3.8, 4) is 12.3 Å². The smallest absolute Gasteiger partial charge is 0.128 e. The van der Waals surface area contributed by atoms with Crippen molar-refractivity contribution >= 4 is 11.6 Å². The highest BCUT2D eigenvalue weighted by molar-refractivity contribution is 6.29. The zero-order valence-corrected chi connectivity index (χ0v) is 8.30. The molecule has 0 bridgehead atoms. The predicted octanol–water partition coefficient (Wildman–Crippen LogP) is 1.19. The monoisotopic (exact) mass is 197 g/mol. The van der Waals surface area contributed by atoms with Gasteiger partial charge in [0.05, 0.1) is 12.7 Å². The minimum atomic E-state index is 0.647. The Labute approximate surface area is 83.1 Å². The molecule has 0 atom stereocenters. The summed E-state index contributed by atoms with van der Waals surface area (Å²) in [5.41, 5.74) is 0. The molecule has 0 saturated carbocycles. The molecule has 0 saturated heterocycles. The van der Waals surface area contributed by atoms with Crippen molar-refractivity contribution in [2.75, 3.05) is 6.54 Å². The first kappa shape index (κ1) is 10.1. The van der Waals surface area contributed by atoms with Gasteiger partial charge in [-0.3, -0.25) is 0 Å². The molecule has 0 spiro atoms. The number of terminal acetylenes is 1. The summed E-state index contributed by atoms with van der Waals surface area (Å²) in [5, 5.41) is 3.82. The molecule has 3 nitrogen and oxygen atoms in total. The van der Waals surface area contributed by atoms with E-state index in [1.54, 1.807) is 6.20 Å². The lowest BCUT2D eigenvalue weighted by atomic mass is 10.4. The van der Waals surface area contributed by atoms with Crippen LogP contribution in [0.15, 0.2) is 6.20 Å². The summed E-state index contributed by atoms with van der Waals surface area (Å²) in [5.74, 6) is 3.48. The van der Waals surface area contributed by atoms with Gasteiger partial charge in [0, 0.05) is 20.0 Å². The lowest BCUT2D eigenvalue weighted by Gasteiger charge is -2.02. The second-order valence-electron chi connectivity index (χ2n) is 2.69. The van der Waals surface area contributed by atoms with Gasteiger partial charge >= 0.3 is 0 Å². The van der Waals surface area contributed by atoms with Crippen molar-refractivity contribution in [3.05, 3.63) is 17.2 Å². The molecule has 70 valence electrons. The SMILES string of the molecule is C#CCCNCc1ncc(Cl)n1C. The van der Waals surface area contributed by atoms with Gasteiger partial charge in [-0.05, 0) is 0 Å². The fourth-order valence-electron chi connectivity index (χ4n) is 0.949. The van der Waals surface area contributed by atoms with Crippen molar-refractivity contribution in [1.29, 1.82) is 0 Å². The molecule has 0 aromatic carbocycles. The van der Waals surface area contributed by atoms with Crippen LogP contribution < -0.4 is 5.32 Å². The van der Waals surface area contributed by atoms with Crippen molar-refractivity contribution in [1.82, 2.24) is 14.9 Å². The molecular weight excluding hydrogens is 186 g/mol. The molecule has 0 unspecified atom stereocenters. The third-order valence-electron chi connectivity index (χ3n) is 1.76. The Hall–Kier alpha value is -0.980. The largest absolute Gasteiger partial charge is 0.321 e. The van der Waals surface area contributed by atoms with Gasteiger partial charge < -0.3 is 9.88 Å². The molecular formula is C9H12ClN3. The maximum Gasteiger partial charge on any atom is 0.128 e. The van der Waals surface area contributed by atoms with Gasteiger partial charge in [0.15, 0.2) is 0 Å².